The minimum atomic E-state index is 0.238. The van der Waals surface area contributed by atoms with Gasteiger partial charge in [0.1, 0.15) is 0 Å². The predicted octanol–water partition coefficient (Wildman–Crippen LogP) is 1.17. The smallest absolute Gasteiger partial charge is 0.225 e. The summed E-state index contributed by atoms with van der Waals surface area (Å²) in [4.78, 5) is 16.9. The van der Waals surface area contributed by atoms with E-state index in [1.807, 2.05) is 11.9 Å². The van der Waals surface area contributed by atoms with Crippen LogP contribution in [0, 0.1) is 11.8 Å². The Bertz CT molecular complexity index is 308. The Morgan fingerprint density at radius 3 is 2.89 bits per heavy atom. The van der Waals surface area contributed by atoms with Crippen molar-refractivity contribution in [3.05, 3.63) is 0 Å². The average Bonchev–Trinajstić information content (AvgIpc) is 2.38. The first-order chi connectivity index (χ1) is 9.06. The molecule has 2 saturated heterocycles. The molecule has 4 nitrogen and oxygen atoms in total. The summed E-state index contributed by atoms with van der Waals surface area (Å²) < 4.78 is 0. The maximum absolute atomic E-state index is 12.5. The molecule has 1 N–H and O–H groups in total. The van der Waals surface area contributed by atoms with Gasteiger partial charge in [0, 0.05) is 32.1 Å². The molecular formula is C15H29N3O. The van der Waals surface area contributed by atoms with Crippen molar-refractivity contribution in [2.24, 2.45) is 11.8 Å². The molecule has 2 aliphatic heterocycles. The summed E-state index contributed by atoms with van der Waals surface area (Å²) in [5.41, 5.74) is 0. The summed E-state index contributed by atoms with van der Waals surface area (Å²) in [6, 6.07) is 0.483. The third-order valence-corrected chi connectivity index (χ3v) is 4.60. The molecule has 0 bridgehead atoms. The van der Waals surface area contributed by atoms with E-state index in [9.17, 15) is 4.79 Å². The quantitative estimate of drug-likeness (QED) is 0.834. The fraction of sp³-hybridized carbons (Fsp3) is 0.933. The zero-order valence-electron chi connectivity index (χ0n) is 12.7. The standard InChI is InChI=1S/C15H29N3O/c1-12-9-14(6-7-16-12)15(19)18(3)11-13-5-4-8-17(2)10-13/h12-14,16H,4-11H2,1-3H3/t12-,13?,14-/m0/s1. The van der Waals surface area contributed by atoms with E-state index < -0.39 is 0 Å². The molecule has 0 aliphatic carbocycles. The highest BCUT2D eigenvalue weighted by Crippen LogP contribution is 2.21. The van der Waals surface area contributed by atoms with E-state index in [0.717, 1.165) is 32.5 Å². The van der Waals surface area contributed by atoms with E-state index in [4.69, 9.17) is 0 Å². The van der Waals surface area contributed by atoms with Crippen molar-refractivity contribution in [1.29, 1.82) is 0 Å². The van der Waals surface area contributed by atoms with Gasteiger partial charge >= 0.3 is 0 Å². The Labute approximate surface area is 117 Å². The largest absolute Gasteiger partial charge is 0.345 e. The number of nitrogens with one attached hydrogen (secondary N) is 1. The molecular weight excluding hydrogens is 238 g/mol. The molecule has 2 aliphatic rings. The van der Waals surface area contributed by atoms with Gasteiger partial charge in [-0.15, -0.1) is 0 Å². The molecule has 0 saturated carbocycles. The third-order valence-electron chi connectivity index (χ3n) is 4.60. The van der Waals surface area contributed by atoms with Gasteiger partial charge in [0.05, 0.1) is 0 Å². The highest BCUT2D eigenvalue weighted by molar-refractivity contribution is 5.78. The normalized spacial score (nSPS) is 33.1. The monoisotopic (exact) mass is 267 g/mol. The van der Waals surface area contributed by atoms with Crippen molar-refractivity contribution in [3.8, 4) is 0 Å². The fourth-order valence-corrected chi connectivity index (χ4v) is 3.57. The molecule has 110 valence electrons. The van der Waals surface area contributed by atoms with Crippen LogP contribution in [0.1, 0.15) is 32.6 Å². The van der Waals surface area contributed by atoms with Crippen molar-refractivity contribution in [1.82, 2.24) is 15.1 Å². The SMILES string of the molecule is C[C@H]1C[C@@H](C(=O)N(C)CC2CCCN(C)C2)CCN1. The van der Waals surface area contributed by atoms with Crippen LogP contribution >= 0.6 is 0 Å². The van der Waals surface area contributed by atoms with Gasteiger partial charge < -0.3 is 15.1 Å². The Morgan fingerprint density at radius 1 is 1.42 bits per heavy atom. The molecule has 19 heavy (non-hydrogen) atoms. The lowest BCUT2D eigenvalue weighted by molar-refractivity contribution is -0.136. The van der Waals surface area contributed by atoms with Gasteiger partial charge in [-0.1, -0.05) is 0 Å². The van der Waals surface area contributed by atoms with Crippen LogP contribution in [-0.4, -0.2) is 62.0 Å². The van der Waals surface area contributed by atoms with E-state index in [1.165, 1.54) is 19.4 Å². The Morgan fingerprint density at radius 2 is 2.21 bits per heavy atom. The Balaban J connectivity index is 1.81. The van der Waals surface area contributed by atoms with Crippen LogP contribution in [0.4, 0.5) is 0 Å². The number of amides is 1. The lowest BCUT2D eigenvalue weighted by Crippen LogP contribution is -2.45. The van der Waals surface area contributed by atoms with Gasteiger partial charge in [-0.3, -0.25) is 4.79 Å². The molecule has 2 rings (SSSR count). The van der Waals surface area contributed by atoms with E-state index in [0.29, 0.717) is 17.9 Å². The Kier molecular flexibility index (Phi) is 5.22. The summed E-state index contributed by atoms with van der Waals surface area (Å²) in [6.45, 7) is 6.44. The topological polar surface area (TPSA) is 35.6 Å². The van der Waals surface area contributed by atoms with Gasteiger partial charge in [-0.2, -0.15) is 0 Å². The average molecular weight is 267 g/mol. The number of piperidine rings is 2. The van der Waals surface area contributed by atoms with Gasteiger partial charge in [0.25, 0.3) is 0 Å². The van der Waals surface area contributed by atoms with Gasteiger partial charge in [0.2, 0.25) is 5.91 Å². The number of hydrogen-bond acceptors (Lipinski definition) is 3. The number of carbonyl (C=O) groups excluding carboxylic acids is 1. The molecule has 0 radical (unpaired) electrons. The van der Waals surface area contributed by atoms with E-state index in [1.54, 1.807) is 0 Å². The van der Waals surface area contributed by atoms with Crippen LogP contribution in [0.2, 0.25) is 0 Å². The predicted molar refractivity (Wildman–Crippen MR) is 78.0 cm³/mol. The van der Waals surface area contributed by atoms with Gasteiger partial charge in [-0.25, -0.2) is 0 Å². The van der Waals surface area contributed by atoms with Crippen LogP contribution < -0.4 is 5.32 Å². The molecule has 4 heteroatoms. The first-order valence-electron chi connectivity index (χ1n) is 7.73. The maximum Gasteiger partial charge on any atom is 0.225 e. The lowest BCUT2D eigenvalue weighted by atomic mass is 9.91. The van der Waals surface area contributed by atoms with Crippen LogP contribution in [0.25, 0.3) is 0 Å². The lowest BCUT2D eigenvalue weighted by Gasteiger charge is -2.35. The number of nitrogens with zero attached hydrogens (tertiary/aromatic N) is 2. The van der Waals surface area contributed by atoms with Crippen molar-refractivity contribution in [2.45, 2.75) is 38.6 Å². The molecule has 2 heterocycles. The zero-order chi connectivity index (χ0) is 13.8. The van der Waals surface area contributed by atoms with E-state index >= 15 is 0 Å². The molecule has 1 unspecified atom stereocenters. The maximum atomic E-state index is 12.5. The minimum Gasteiger partial charge on any atom is -0.345 e. The molecule has 2 fully saturated rings. The third kappa shape index (κ3) is 4.18. The second-order valence-corrected chi connectivity index (χ2v) is 6.57. The first-order valence-corrected chi connectivity index (χ1v) is 7.73. The molecule has 0 spiro atoms. The summed E-state index contributed by atoms with van der Waals surface area (Å²) >= 11 is 0. The second kappa shape index (κ2) is 6.71. The number of rotatable bonds is 3. The zero-order valence-corrected chi connectivity index (χ0v) is 12.7. The molecule has 0 aromatic carbocycles. The van der Waals surface area contributed by atoms with Crippen LogP contribution in [0.5, 0.6) is 0 Å². The summed E-state index contributed by atoms with van der Waals surface area (Å²) in [5, 5.41) is 3.42. The number of hydrogen-bond donors (Lipinski definition) is 1. The highest BCUT2D eigenvalue weighted by atomic mass is 16.2. The summed E-state index contributed by atoms with van der Waals surface area (Å²) in [5.74, 6) is 1.26. The van der Waals surface area contributed by atoms with Crippen molar-refractivity contribution in [2.75, 3.05) is 40.3 Å². The highest BCUT2D eigenvalue weighted by Gasteiger charge is 2.28. The summed E-state index contributed by atoms with van der Waals surface area (Å²) in [6.07, 6.45) is 4.53. The van der Waals surface area contributed by atoms with Crippen molar-refractivity contribution < 1.29 is 4.79 Å². The minimum absolute atomic E-state index is 0.238. The van der Waals surface area contributed by atoms with Gasteiger partial charge in [0.15, 0.2) is 0 Å². The fourth-order valence-electron chi connectivity index (χ4n) is 3.57. The second-order valence-electron chi connectivity index (χ2n) is 6.57. The Hall–Kier alpha value is -0.610. The number of carbonyl (C=O) groups is 1. The van der Waals surface area contributed by atoms with Crippen molar-refractivity contribution in [3.63, 3.8) is 0 Å². The molecule has 0 aromatic rings. The van der Waals surface area contributed by atoms with Crippen LogP contribution in [0.15, 0.2) is 0 Å². The summed E-state index contributed by atoms with van der Waals surface area (Å²) in [7, 11) is 4.17. The molecule has 3 atom stereocenters. The van der Waals surface area contributed by atoms with Gasteiger partial charge in [-0.05, 0) is 58.7 Å². The number of likely N-dealkylation sites (tertiary alicyclic amines) is 1. The van der Waals surface area contributed by atoms with Crippen LogP contribution in [0.3, 0.4) is 0 Å². The van der Waals surface area contributed by atoms with Crippen LogP contribution in [-0.2, 0) is 4.79 Å². The first kappa shape index (κ1) is 14.8. The van der Waals surface area contributed by atoms with E-state index in [-0.39, 0.29) is 5.92 Å². The molecule has 0 aromatic heterocycles. The van der Waals surface area contributed by atoms with E-state index in [2.05, 4.69) is 24.2 Å². The van der Waals surface area contributed by atoms with Crippen molar-refractivity contribution >= 4 is 5.91 Å². The molecule has 1 amide bonds.